The Hall–Kier alpha value is -3.03. The van der Waals surface area contributed by atoms with Gasteiger partial charge in [0.15, 0.2) is 5.78 Å². The van der Waals surface area contributed by atoms with Gasteiger partial charge in [0, 0.05) is 22.1 Å². The minimum Gasteiger partial charge on any atom is -0.295 e. The molecule has 6 rings (SSSR count). The number of rotatable bonds is 12. The van der Waals surface area contributed by atoms with Gasteiger partial charge in [-0.1, -0.05) is 63.5 Å². The molecular weight excluding hydrogens is 533 g/mol. The molecule has 7 heteroatoms. The molecule has 0 N–H and O–H groups in total. The van der Waals surface area contributed by atoms with Gasteiger partial charge in [-0.3, -0.25) is 14.2 Å². The normalized spacial score (nSPS) is 18.4. The zero-order valence-corrected chi connectivity index (χ0v) is 24.6. The van der Waals surface area contributed by atoms with E-state index < -0.39 is 0 Å². The number of nitrogens with zero attached hydrogens (tertiary/aromatic N) is 4. The van der Waals surface area contributed by atoms with Crippen molar-refractivity contribution in [3.05, 3.63) is 80.7 Å². The minimum absolute atomic E-state index is 0.257. The van der Waals surface area contributed by atoms with Crippen molar-refractivity contribution >= 4 is 52.8 Å². The lowest BCUT2D eigenvalue weighted by molar-refractivity contribution is -0.127. The fraction of sp³-hybridized carbons (Fsp3) is 0.424. The summed E-state index contributed by atoms with van der Waals surface area (Å²) >= 11 is 3.43. The van der Waals surface area contributed by atoms with Crippen molar-refractivity contribution < 1.29 is 4.79 Å². The number of ketones is 1. The number of hydrogen-bond acceptors (Lipinski definition) is 5. The molecule has 0 aromatic carbocycles. The molecule has 208 valence electrons. The summed E-state index contributed by atoms with van der Waals surface area (Å²) in [5.74, 6) is 1.42. The lowest BCUT2D eigenvalue weighted by atomic mass is 9.88. The third-order valence-corrected chi connectivity index (χ3v) is 10.2. The number of thiophene rings is 2. The van der Waals surface area contributed by atoms with E-state index in [1.54, 1.807) is 22.7 Å². The second-order valence-electron chi connectivity index (χ2n) is 11.3. The van der Waals surface area contributed by atoms with Crippen molar-refractivity contribution in [3.8, 4) is 0 Å². The van der Waals surface area contributed by atoms with E-state index in [-0.39, 0.29) is 17.9 Å². The predicted molar refractivity (Wildman–Crippen MR) is 167 cm³/mol. The summed E-state index contributed by atoms with van der Waals surface area (Å²) in [6.45, 7) is 0. The highest BCUT2D eigenvalue weighted by Crippen LogP contribution is 2.38. The van der Waals surface area contributed by atoms with E-state index in [0.29, 0.717) is 11.8 Å². The summed E-state index contributed by atoms with van der Waals surface area (Å²) in [4.78, 5) is 17.0. The van der Waals surface area contributed by atoms with Gasteiger partial charge in [0.25, 0.3) is 0 Å². The van der Waals surface area contributed by atoms with Crippen LogP contribution in [0.4, 0.5) is 0 Å². The van der Waals surface area contributed by atoms with Crippen LogP contribution >= 0.6 is 22.7 Å². The average Bonchev–Trinajstić information content (AvgIpc) is 3.80. The van der Waals surface area contributed by atoms with Crippen LogP contribution in [0.25, 0.3) is 24.3 Å². The number of aromatic nitrogens is 4. The molecule has 0 aliphatic heterocycles. The molecular formula is C33H38N4OS2. The van der Waals surface area contributed by atoms with Crippen LogP contribution in [-0.4, -0.2) is 25.3 Å². The molecule has 2 saturated carbocycles. The molecule has 0 radical (unpaired) electrons. The number of carbonyl (C=O) groups excluding carboxylic acids is 1. The van der Waals surface area contributed by atoms with E-state index in [1.165, 1.54) is 61.1 Å². The van der Waals surface area contributed by atoms with E-state index in [2.05, 4.69) is 59.3 Å². The zero-order chi connectivity index (χ0) is 27.1. The second-order valence-corrected chi connectivity index (χ2v) is 13.3. The summed E-state index contributed by atoms with van der Waals surface area (Å²) in [5.41, 5.74) is 1.79. The molecule has 5 nitrogen and oxygen atoms in total. The third-order valence-electron chi connectivity index (χ3n) is 8.54. The Kier molecular flexibility index (Phi) is 8.89. The maximum Gasteiger partial charge on any atom is 0.181 e. The maximum absolute atomic E-state index is 14.6. The van der Waals surface area contributed by atoms with Crippen molar-refractivity contribution in [1.29, 1.82) is 0 Å². The minimum atomic E-state index is -0.271. The smallest absolute Gasteiger partial charge is 0.181 e. The first-order valence-electron chi connectivity index (χ1n) is 14.8. The van der Waals surface area contributed by atoms with Gasteiger partial charge < -0.3 is 0 Å². The summed E-state index contributed by atoms with van der Waals surface area (Å²) in [7, 11) is 0. The number of carbonyl (C=O) groups is 1. The molecule has 4 heterocycles. The molecule has 2 atom stereocenters. The molecule has 0 saturated heterocycles. The largest absolute Gasteiger partial charge is 0.295 e. The van der Waals surface area contributed by atoms with Crippen molar-refractivity contribution in [2.24, 2.45) is 11.8 Å². The topological polar surface area (TPSA) is 52.7 Å². The van der Waals surface area contributed by atoms with Crippen molar-refractivity contribution in [3.63, 3.8) is 0 Å². The fourth-order valence-corrected chi connectivity index (χ4v) is 7.63. The van der Waals surface area contributed by atoms with Crippen LogP contribution < -0.4 is 0 Å². The zero-order valence-electron chi connectivity index (χ0n) is 23.0. The van der Waals surface area contributed by atoms with E-state index in [4.69, 9.17) is 10.2 Å². The van der Waals surface area contributed by atoms with Crippen molar-refractivity contribution in [1.82, 2.24) is 19.6 Å². The molecule has 0 bridgehead atoms. The highest BCUT2D eigenvalue weighted by atomic mass is 32.1. The highest BCUT2D eigenvalue weighted by Gasteiger charge is 2.35. The Morgan fingerprint density at radius 2 is 1.18 bits per heavy atom. The molecule has 0 spiro atoms. The summed E-state index contributed by atoms with van der Waals surface area (Å²) in [5, 5.41) is 14.0. The lowest BCUT2D eigenvalue weighted by Gasteiger charge is -2.27. The molecule has 40 heavy (non-hydrogen) atoms. The van der Waals surface area contributed by atoms with E-state index >= 15 is 0 Å². The Labute approximate surface area is 245 Å². The van der Waals surface area contributed by atoms with Crippen LogP contribution in [0.3, 0.4) is 0 Å². The van der Waals surface area contributed by atoms with Crippen LogP contribution in [0.1, 0.15) is 97.4 Å². The first-order valence-corrected chi connectivity index (χ1v) is 16.5. The van der Waals surface area contributed by atoms with E-state index in [1.807, 2.05) is 33.9 Å². The first-order chi connectivity index (χ1) is 19.7. The van der Waals surface area contributed by atoms with Crippen LogP contribution in [0.15, 0.2) is 59.6 Å². The number of Topliss-reactive ketones (excluding diaryl/α,β-unsaturated/α-hetero) is 1. The molecule has 2 unspecified atom stereocenters. The van der Waals surface area contributed by atoms with Gasteiger partial charge in [0.05, 0.1) is 11.4 Å². The van der Waals surface area contributed by atoms with Crippen LogP contribution in [0, 0.1) is 11.8 Å². The van der Waals surface area contributed by atoms with Crippen LogP contribution in [-0.2, 0) is 4.79 Å². The third kappa shape index (κ3) is 6.81. The van der Waals surface area contributed by atoms with Gasteiger partial charge in [0.1, 0.15) is 12.1 Å². The molecule has 2 aliphatic carbocycles. The van der Waals surface area contributed by atoms with Gasteiger partial charge in [0.2, 0.25) is 0 Å². The molecule has 0 amide bonds. The molecule has 2 aliphatic rings. The standard InChI is InChI=1S/C33H38N4OS2/c38-33(31(23-25-7-1-2-8-25)36-19-17-27(34-36)13-15-29-11-5-21-39-29)32(24-26-9-3-4-10-26)37-20-18-28(35-37)14-16-30-12-6-22-40-30/h5-6,11-22,25-26,31-32H,1-4,7-10,23-24H2/b15-13+,16-14+. The lowest BCUT2D eigenvalue weighted by Crippen LogP contribution is -2.32. The maximum atomic E-state index is 14.6. The Balaban J connectivity index is 1.27. The Bertz CT molecular complexity index is 1290. The predicted octanol–water partition coefficient (Wildman–Crippen LogP) is 9.06. The summed E-state index contributed by atoms with van der Waals surface area (Å²) < 4.78 is 3.91. The van der Waals surface area contributed by atoms with Gasteiger partial charge in [-0.15, -0.1) is 22.7 Å². The second kappa shape index (κ2) is 13.1. The SMILES string of the molecule is O=C(C(CC1CCCC1)n1ccc(/C=C/c2cccs2)n1)C(CC1CCCC1)n1ccc(/C=C/c2cccs2)n1. The summed E-state index contributed by atoms with van der Waals surface area (Å²) in [6.07, 6.45) is 24.0. The molecule has 4 aromatic rings. The van der Waals surface area contributed by atoms with Gasteiger partial charge in [-0.2, -0.15) is 10.2 Å². The average molecular weight is 571 g/mol. The Morgan fingerprint density at radius 3 is 1.57 bits per heavy atom. The van der Waals surface area contributed by atoms with Gasteiger partial charge in [-0.25, -0.2) is 0 Å². The van der Waals surface area contributed by atoms with Gasteiger partial charge >= 0.3 is 0 Å². The van der Waals surface area contributed by atoms with E-state index in [0.717, 1.165) is 24.2 Å². The van der Waals surface area contributed by atoms with Crippen LogP contribution in [0.2, 0.25) is 0 Å². The summed E-state index contributed by atoms with van der Waals surface area (Å²) in [6, 6.07) is 11.8. The fourth-order valence-electron chi connectivity index (χ4n) is 6.39. The van der Waals surface area contributed by atoms with Crippen molar-refractivity contribution in [2.75, 3.05) is 0 Å². The van der Waals surface area contributed by atoms with Crippen molar-refractivity contribution in [2.45, 2.75) is 76.3 Å². The Morgan fingerprint density at radius 1 is 0.725 bits per heavy atom. The number of hydrogen-bond donors (Lipinski definition) is 0. The molecule has 2 fully saturated rings. The first kappa shape index (κ1) is 27.2. The van der Waals surface area contributed by atoms with Crippen LogP contribution in [0.5, 0.6) is 0 Å². The highest BCUT2D eigenvalue weighted by molar-refractivity contribution is 7.11. The monoisotopic (exact) mass is 570 g/mol. The molecule has 4 aromatic heterocycles. The quantitative estimate of drug-likeness (QED) is 0.171. The van der Waals surface area contributed by atoms with Gasteiger partial charge in [-0.05, 0) is 84.0 Å². The van der Waals surface area contributed by atoms with E-state index in [9.17, 15) is 4.79 Å².